The molecule has 1 saturated heterocycles. The minimum Gasteiger partial charge on any atom is -0.447 e. The third-order valence-electron chi connectivity index (χ3n) is 1.41. The molecule has 0 N–H and O–H groups in total. The smallest absolute Gasteiger partial charge is 0.416 e. The molecule has 11 heavy (non-hydrogen) atoms. The Morgan fingerprint density at radius 1 is 1.73 bits per heavy atom. The molecule has 0 aromatic carbocycles. The summed E-state index contributed by atoms with van der Waals surface area (Å²) in [6.45, 7) is 1.09. The van der Waals surface area contributed by atoms with Crippen molar-refractivity contribution >= 4 is 22.6 Å². The Bertz CT molecular complexity index is 260. The summed E-state index contributed by atoms with van der Waals surface area (Å²) in [4.78, 5) is 16.5. The van der Waals surface area contributed by atoms with Crippen molar-refractivity contribution in [2.75, 3.05) is 18.1 Å². The van der Waals surface area contributed by atoms with E-state index in [1.807, 2.05) is 5.38 Å². The van der Waals surface area contributed by atoms with Crippen LogP contribution in [0.25, 0.3) is 0 Å². The normalized spacial score (nSPS) is 17.1. The first kappa shape index (κ1) is 6.60. The van der Waals surface area contributed by atoms with Crippen molar-refractivity contribution < 1.29 is 9.53 Å². The number of hydrogen-bond donors (Lipinski definition) is 0. The number of hydrogen-bond acceptors (Lipinski definition) is 4. The van der Waals surface area contributed by atoms with Gasteiger partial charge in [0.05, 0.1) is 6.54 Å². The lowest BCUT2D eigenvalue weighted by Gasteiger charge is -2.05. The Morgan fingerprint density at radius 3 is 3.18 bits per heavy atom. The lowest BCUT2D eigenvalue weighted by Crippen LogP contribution is -2.22. The quantitative estimate of drug-likeness (QED) is 0.633. The molecular formula is C6H6N2O2S. The van der Waals surface area contributed by atoms with E-state index >= 15 is 0 Å². The predicted molar refractivity (Wildman–Crippen MR) is 40.8 cm³/mol. The second-order valence-electron chi connectivity index (χ2n) is 2.08. The molecule has 0 saturated carbocycles. The zero-order chi connectivity index (χ0) is 7.68. The number of ether oxygens (including phenoxy) is 1. The lowest BCUT2D eigenvalue weighted by molar-refractivity contribution is 0.181. The number of nitrogens with zero attached hydrogens (tertiary/aromatic N) is 2. The molecule has 1 aliphatic rings. The highest BCUT2D eigenvalue weighted by atomic mass is 32.1. The largest absolute Gasteiger partial charge is 0.447 e. The molecule has 0 atom stereocenters. The summed E-state index contributed by atoms with van der Waals surface area (Å²) in [7, 11) is 0. The molecule has 1 aromatic rings. The summed E-state index contributed by atoms with van der Waals surface area (Å²) in [5, 5.41) is 2.55. The Balaban J connectivity index is 2.23. The molecule has 1 aromatic heterocycles. The fourth-order valence-electron chi connectivity index (χ4n) is 0.916. The maximum atomic E-state index is 10.9. The average Bonchev–Trinajstić information content (AvgIpc) is 2.55. The summed E-state index contributed by atoms with van der Waals surface area (Å²) < 4.78 is 4.74. The summed E-state index contributed by atoms with van der Waals surface area (Å²) in [5.41, 5.74) is 0. The molecule has 0 aliphatic carbocycles. The molecule has 0 spiro atoms. The number of carbonyl (C=O) groups is 1. The Hall–Kier alpha value is -1.10. The van der Waals surface area contributed by atoms with Crippen LogP contribution in [0.3, 0.4) is 0 Å². The van der Waals surface area contributed by atoms with Crippen LogP contribution in [-0.2, 0) is 4.74 Å². The average molecular weight is 170 g/mol. The standard InChI is InChI=1S/C6H6N2O2S/c9-6-8(2-3-10-6)5-7-1-4-11-5/h1,4H,2-3H2. The van der Waals surface area contributed by atoms with Crippen LogP contribution in [0.15, 0.2) is 11.6 Å². The van der Waals surface area contributed by atoms with E-state index in [0.717, 1.165) is 0 Å². The number of aromatic nitrogens is 1. The molecule has 58 valence electrons. The van der Waals surface area contributed by atoms with Gasteiger partial charge in [-0.15, -0.1) is 11.3 Å². The number of carbonyl (C=O) groups excluding carboxylic acids is 1. The minimum atomic E-state index is -0.292. The monoisotopic (exact) mass is 170 g/mol. The molecule has 5 heteroatoms. The lowest BCUT2D eigenvalue weighted by atomic mass is 10.7. The van der Waals surface area contributed by atoms with Crippen LogP contribution in [0.1, 0.15) is 0 Å². The third-order valence-corrected chi connectivity index (χ3v) is 2.21. The van der Waals surface area contributed by atoms with Crippen molar-refractivity contribution in [2.24, 2.45) is 0 Å². The van der Waals surface area contributed by atoms with E-state index in [1.54, 1.807) is 6.20 Å². The summed E-state index contributed by atoms with van der Waals surface area (Å²) >= 11 is 1.44. The summed E-state index contributed by atoms with van der Waals surface area (Å²) in [5.74, 6) is 0. The Morgan fingerprint density at radius 2 is 2.64 bits per heavy atom. The van der Waals surface area contributed by atoms with Crippen LogP contribution >= 0.6 is 11.3 Å². The van der Waals surface area contributed by atoms with E-state index in [9.17, 15) is 4.79 Å². The first-order valence-corrected chi connectivity index (χ1v) is 4.09. The Labute approximate surface area is 67.4 Å². The van der Waals surface area contributed by atoms with Gasteiger partial charge in [0.1, 0.15) is 6.61 Å². The van der Waals surface area contributed by atoms with Gasteiger partial charge in [0.2, 0.25) is 0 Å². The van der Waals surface area contributed by atoms with Gasteiger partial charge in [0.15, 0.2) is 5.13 Å². The number of amides is 1. The van der Waals surface area contributed by atoms with Gasteiger partial charge in [0, 0.05) is 11.6 Å². The second-order valence-corrected chi connectivity index (χ2v) is 2.95. The maximum absolute atomic E-state index is 10.9. The van der Waals surface area contributed by atoms with Crippen LogP contribution in [-0.4, -0.2) is 24.2 Å². The highest BCUT2D eigenvalue weighted by Crippen LogP contribution is 2.20. The fourth-order valence-corrected chi connectivity index (χ4v) is 1.57. The number of thiazole rings is 1. The molecule has 1 fully saturated rings. The van der Waals surface area contributed by atoms with Crippen LogP contribution < -0.4 is 4.90 Å². The zero-order valence-corrected chi connectivity index (χ0v) is 6.50. The van der Waals surface area contributed by atoms with E-state index in [0.29, 0.717) is 18.3 Å². The van der Waals surface area contributed by atoms with Crippen molar-refractivity contribution in [3.63, 3.8) is 0 Å². The van der Waals surface area contributed by atoms with Crippen LogP contribution in [0.2, 0.25) is 0 Å². The van der Waals surface area contributed by atoms with E-state index in [2.05, 4.69) is 4.98 Å². The van der Waals surface area contributed by atoms with Crippen molar-refractivity contribution in [2.45, 2.75) is 0 Å². The topological polar surface area (TPSA) is 42.4 Å². The van der Waals surface area contributed by atoms with Gasteiger partial charge in [0.25, 0.3) is 0 Å². The van der Waals surface area contributed by atoms with Crippen molar-refractivity contribution in [1.29, 1.82) is 0 Å². The fraction of sp³-hybridized carbons (Fsp3) is 0.333. The molecule has 0 unspecified atom stereocenters. The van der Waals surface area contributed by atoms with E-state index in [-0.39, 0.29) is 6.09 Å². The van der Waals surface area contributed by atoms with Gasteiger partial charge in [-0.05, 0) is 0 Å². The molecule has 2 heterocycles. The predicted octanol–water partition coefficient (Wildman–Crippen LogP) is 1.10. The van der Waals surface area contributed by atoms with Crippen molar-refractivity contribution in [3.05, 3.63) is 11.6 Å². The second kappa shape index (κ2) is 2.50. The molecule has 2 rings (SSSR count). The number of cyclic esters (lactones) is 1. The van der Waals surface area contributed by atoms with Crippen molar-refractivity contribution in [1.82, 2.24) is 4.98 Å². The highest BCUT2D eigenvalue weighted by Gasteiger charge is 2.24. The van der Waals surface area contributed by atoms with Crippen molar-refractivity contribution in [3.8, 4) is 0 Å². The van der Waals surface area contributed by atoms with Gasteiger partial charge in [-0.3, -0.25) is 0 Å². The SMILES string of the molecule is O=C1OCCN1c1nccs1. The molecule has 1 amide bonds. The van der Waals surface area contributed by atoms with Crippen LogP contribution in [0.5, 0.6) is 0 Å². The minimum absolute atomic E-state index is 0.292. The molecule has 0 bridgehead atoms. The van der Waals surface area contributed by atoms with Gasteiger partial charge < -0.3 is 4.74 Å². The number of rotatable bonds is 1. The highest BCUT2D eigenvalue weighted by molar-refractivity contribution is 7.13. The molecule has 0 radical (unpaired) electrons. The van der Waals surface area contributed by atoms with Crippen LogP contribution in [0.4, 0.5) is 9.93 Å². The number of anilines is 1. The van der Waals surface area contributed by atoms with Gasteiger partial charge in [-0.2, -0.15) is 0 Å². The Kier molecular flexibility index (Phi) is 1.50. The molecule has 4 nitrogen and oxygen atoms in total. The maximum Gasteiger partial charge on any atom is 0.416 e. The van der Waals surface area contributed by atoms with Gasteiger partial charge >= 0.3 is 6.09 Å². The van der Waals surface area contributed by atoms with E-state index in [4.69, 9.17) is 4.74 Å². The first-order valence-electron chi connectivity index (χ1n) is 3.22. The summed E-state index contributed by atoms with van der Waals surface area (Å²) in [6.07, 6.45) is 1.38. The van der Waals surface area contributed by atoms with Gasteiger partial charge in [-0.1, -0.05) is 0 Å². The molecular weight excluding hydrogens is 164 g/mol. The molecule has 1 aliphatic heterocycles. The van der Waals surface area contributed by atoms with E-state index in [1.165, 1.54) is 16.2 Å². The van der Waals surface area contributed by atoms with E-state index < -0.39 is 0 Å². The summed E-state index contributed by atoms with van der Waals surface area (Å²) in [6, 6.07) is 0. The zero-order valence-electron chi connectivity index (χ0n) is 5.69. The van der Waals surface area contributed by atoms with Crippen LogP contribution in [0, 0.1) is 0 Å². The first-order chi connectivity index (χ1) is 5.38. The van der Waals surface area contributed by atoms with Gasteiger partial charge in [-0.25, -0.2) is 14.7 Å². The third kappa shape index (κ3) is 1.07.